The molecule has 2 heterocycles. The Bertz CT molecular complexity index is 955. The molecule has 158 valence electrons. The van der Waals surface area contributed by atoms with Crippen molar-refractivity contribution >= 4 is 23.4 Å². The van der Waals surface area contributed by atoms with Gasteiger partial charge >= 0.3 is 12.0 Å². The number of fused-ring (bicyclic) bond motifs is 1. The number of carbonyl (C=O) groups excluding carboxylic acids is 1. The first kappa shape index (κ1) is 19.9. The molecule has 1 aliphatic heterocycles. The van der Waals surface area contributed by atoms with E-state index in [1.54, 1.807) is 4.90 Å². The summed E-state index contributed by atoms with van der Waals surface area (Å²) in [7, 11) is 0. The Morgan fingerprint density at radius 2 is 1.87 bits per heavy atom. The first-order chi connectivity index (χ1) is 14.4. The van der Waals surface area contributed by atoms with Crippen LogP contribution in [0.5, 0.6) is 11.9 Å². The summed E-state index contributed by atoms with van der Waals surface area (Å²) in [5.74, 6) is -0.565. The lowest BCUT2D eigenvalue weighted by Gasteiger charge is -2.28. The molecule has 1 saturated carbocycles. The molecule has 1 aliphatic carbocycles. The van der Waals surface area contributed by atoms with E-state index in [0.717, 1.165) is 25.7 Å². The Balaban J connectivity index is 1.49. The van der Waals surface area contributed by atoms with Gasteiger partial charge in [0.05, 0.1) is 6.54 Å². The maximum Gasteiger partial charge on any atom is 0.319 e. The summed E-state index contributed by atoms with van der Waals surface area (Å²) in [6.45, 7) is 0.527. The molecule has 0 bridgehead atoms. The van der Waals surface area contributed by atoms with Gasteiger partial charge in [0.1, 0.15) is 18.0 Å². The number of hydrogen-bond donors (Lipinski definition) is 3. The largest absolute Gasteiger partial charge is 0.481 e. The summed E-state index contributed by atoms with van der Waals surface area (Å²) in [5, 5.41) is 18.5. The van der Waals surface area contributed by atoms with E-state index in [9.17, 15) is 14.7 Å². The second kappa shape index (κ2) is 8.17. The molecule has 0 atom stereocenters. The number of carboxylic acid groups (broad SMARTS) is 1. The third kappa shape index (κ3) is 4.00. The van der Waals surface area contributed by atoms with Crippen LogP contribution in [0.25, 0.3) is 0 Å². The second-order valence-electron chi connectivity index (χ2n) is 7.80. The van der Waals surface area contributed by atoms with Crippen molar-refractivity contribution in [2.45, 2.75) is 38.0 Å². The Labute approximate surface area is 173 Å². The molecule has 9 nitrogen and oxygen atoms in total. The van der Waals surface area contributed by atoms with E-state index in [4.69, 9.17) is 15.6 Å². The normalized spacial score (nSPS) is 21.5. The summed E-state index contributed by atoms with van der Waals surface area (Å²) < 4.78 is 5.49. The molecular formula is C21H24N4O5. The van der Waals surface area contributed by atoms with E-state index in [-0.39, 0.29) is 42.1 Å². The summed E-state index contributed by atoms with van der Waals surface area (Å²) in [6, 6.07) is 7.32. The Morgan fingerprint density at radius 1 is 1.17 bits per heavy atom. The number of nitrogen functional groups attached to an aromatic ring is 1. The molecule has 0 unspecified atom stereocenters. The van der Waals surface area contributed by atoms with Gasteiger partial charge in [0, 0.05) is 12.1 Å². The molecule has 1 amide bonds. The van der Waals surface area contributed by atoms with Crippen LogP contribution in [0.3, 0.4) is 0 Å². The third-order valence-corrected chi connectivity index (χ3v) is 5.89. The van der Waals surface area contributed by atoms with Crippen molar-refractivity contribution < 1.29 is 24.5 Å². The average Bonchev–Trinajstić information content (AvgIpc) is 2.87. The van der Waals surface area contributed by atoms with Gasteiger partial charge < -0.3 is 25.6 Å². The number of carboxylic acids is 1. The smallest absolute Gasteiger partial charge is 0.319 e. The van der Waals surface area contributed by atoms with Gasteiger partial charge in [-0.2, -0.15) is 9.97 Å². The topological polar surface area (TPSA) is 139 Å². The summed E-state index contributed by atoms with van der Waals surface area (Å²) in [4.78, 5) is 32.9. The highest BCUT2D eigenvalue weighted by Crippen LogP contribution is 2.38. The number of carbonyl (C=O) groups is 2. The fourth-order valence-electron chi connectivity index (χ4n) is 4.34. The van der Waals surface area contributed by atoms with Crippen LogP contribution >= 0.6 is 0 Å². The molecular weight excluding hydrogens is 388 g/mol. The van der Waals surface area contributed by atoms with Gasteiger partial charge in [-0.1, -0.05) is 12.1 Å². The maximum atomic E-state index is 13.0. The van der Waals surface area contributed by atoms with Gasteiger partial charge in [-0.15, -0.1) is 0 Å². The maximum absolute atomic E-state index is 13.0. The molecule has 0 radical (unpaired) electrons. The quantitative estimate of drug-likeness (QED) is 0.696. The van der Waals surface area contributed by atoms with E-state index in [2.05, 4.69) is 9.97 Å². The minimum Gasteiger partial charge on any atom is -0.481 e. The number of ether oxygens (including phenoxy) is 1. The lowest BCUT2D eigenvalue weighted by Crippen LogP contribution is -2.32. The van der Waals surface area contributed by atoms with Crippen LogP contribution in [0.15, 0.2) is 24.3 Å². The van der Waals surface area contributed by atoms with Crippen LogP contribution in [-0.2, 0) is 4.79 Å². The van der Waals surface area contributed by atoms with Crippen LogP contribution in [0.2, 0.25) is 0 Å². The molecule has 9 heteroatoms. The zero-order chi connectivity index (χ0) is 21.3. The van der Waals surface area contributed by atoms with Crippen molar-refractivity contribution in [3.05, 3.63) is 35.4 Å². The summed E-state index contributed by atoms with van der Waals surface area (Å²) >= 11 is 0. The first-order valence-electron chi connectivity index (χ1n) is 10.0. The predicted octanol–water partition coefficient (Wildman–Crippen LogP) is 2.55. The molecule has 4 N–H and O–H groups in total. The number of amides is 1. The Morgan fingerprint density at radius 3 is 2.53 bits per heavy atom. The van der Waals surface area contributed by atoms with Crippen LogP contribution < -0.4 is 15.4 Å². The van der Waals surface area contributed by atoms with E-state index in [1.165, 1.54) is 5.56 Å². The molecule has 30 heavy (non-hydrogen) atoms. The number of aliphatic carboxylic acids is 1. The van der Waals surface area contributed by atoms with Gasteiger partial charge in [-0.25, -0.2) is 0 Å². The van der Waals surface area contributed by atoms with Gasteiger partial charge in [-0.05, 0) is 55.2 Å². The Kier molecular flexibility index (Phi) is 5.43. The molecule has 1 aromatic carbocycles. The summed E-state index contributed by atoms with van der Waals surface area (Å²) in [6.07, 6.45) is 4.03. The molecule has 2 aromatic rings. The van der Waals surface area contributed by atoms with Crippen molar-refractivity contribution in [1.29, 1.82) is 0 Å². The van der Waals surface area contributed by atoms with Crippen LogP contribution in [-0.4, -0.2) is 45.2 Å². The monoisotopic (exact) mass is 412 g/mol. The second-order valence-corrected chi connectivity index (χ2v) is 7.80. The molecule has 1 aromatic heterocycles. The fraction of sp³-hybridized carbons (Fsp3) is 0.429. The third-order valence-electron chi connectivity index (χ3n) is 5.89. The van der Waals surface area contributed by atoms with Gasteiger partial charge in [-0.3, -0.25) is 9.59 Å². The summed E-state index contributed by atoms with van der Waals surface area (Å²) in [5.41, 5.74) is 7.79. The zero-order valence-electron chi connectivity index (χ0n) is 16.5. The Hall–Kier alpha value is -3.36. The number of anilines is 2. The number of aromatic hydroxyl groups is 1. The number of benzene rings is 1. The number of nitrogens with zero attached hydrogens (tertiary/aromatic N) is 3. The minimum atomic E-state index is -0.725. The number of hydrogen-bond acceptors (Lipinski definition) is 7. The highest BCUT2D eigenvalue weighted by Gasteiger charge is 2.30. The van der Waals surface area contributed by atoms with Crippen molar-refractivity contribution in [3.8, 4) is 11.9 Å². The van der Waals surface area contributed by atoms with Crippen LogP contribution in [0.4, 0.5) is 11.5 Å². The lowest BCUT2D eigenvalue weighted by atomic mass is 9.77. The highest BCUT2D eigenvalue weighted by molar-refractivity contribution is 6.10. The van der Waals surface area contributed by atoms with E-state index >= 15 is 0 Å². The number of aromatic nitrogens is 2. The lowest BCUT2D eigenvalue weighted by molar-refractivity contribution is -0.138. The van der Waals surface area contributed by atoms with Crippen molar-refractivity contribution in [1.82, 2.24) is 9.97 Å². The fourth-order valence-corrected chi connectivity index (χ4v) is 4.34. The van der Waals surface area contributed by atoms with Crippen molar-refractivity contribution in [2.24, 2.45) is 5.92 Å². The zero-order valence-corrected chi connectivity index (χ0v) is 16.5. The van der Waals surface area contributed by atoms with Gasteiger partial charge in [0.2, 0.25) is 5.88 Å². The standard InChI is InChI=1S/C21H24N4O5/c22-18-17-19(24-21(29)23-18)30-10-9-25(20(17)28)15-7-5-14(6-8-15)13-3-1-12(2-4-13)11-16(26)27/h5-8,12-13H,1-4,9-11H2,(H,26,27)(H3,22,23,24,29)/t12-,13-. The van der Waals surface area contributed by atoms with Gasteiger partial charge in [0.15, 0.2) is 0 Å². The van der Waals surface area contributed by atoms with Crippen LogP contribution in [0, 0.1) is 5.92 Å². The van der Waals surface area contributed by atoms with Crippen LogP contribution in [0.1, 0.15) is 53.9 Å². The average molecular weight is 412 g/mol. The van der Waals surface area contributed by atoms with Crippen molar-refractivity contribution in [3.63, 3.8) is 0 Å². The molecule has 4 rings (SSSR count). The molecule has 1 fully saturated rings. The highest BCUT2D eigenvalue weighted by atomic mass is 16.5. The van der Waals surface area contributed by atoms with E-state index in [0.29, 0.717) is 18.2 Å². The number of nitrogens with two attached hydrogens (primary N) is 1. The number of rotatable bonds is 4. The van der Waals surface area contributed by atoms with E-state index in [1.807, 2.05) is 24.3 Å². The first-order valence-corrected chi connectivity index (χ1v) is 10.0. The predicted molar refractivity (Wildman–Crippen MR) is 109 cm³/mol. The van der Waals surface area contributed by atoms with Gasteiger partial charge in [0.25, 0.3) is 5.91 Å². The molecule has 0 saturated heterocycles. The van der Waals surface area contributed by atoms with E-state index < -0.39 is 12.0 Å². The molecule has 0 spiro atoms. The minimum absolute atomic E-state index is 0.0118. The molecule has 2 aliphatic rings. The SMILES string of the molecule is Nc1nc(O)nc2c1C(=O)N(c1ccc([C@H]3CC[C@H](CC(=O)O)CC3)cc1)CCO2. The van der Waals surface area contributed by atoms with Crippen molar-refractivity contribution in [2.75, 3.05) is 23.8 Å².